The molecule has 130 valence electrons. The van der Waals surface area contributed by atoms with Crippen LogP contribution in [0.3, 0.4) is 0 Å². The average molecular weight is 342 g/mol. The summed E-state index contributed by atoms with van der Waals surface area (Å²) in [7, 11) is 1.47. The number of pyridine rings is 1. The molecule has 2 aromatic rings. The van der Waals surface area contributed by atoms with E-state index in [0.717, 1.165) is 0 Å². The number of carbonyl (C=O) groups is 2. The van der Waals surface area contributed by atoms with E-state index in [-0.39, 0.29) is 23.5 Å². The number of carbonyl (C=O) groups excluding carboxylic acids is 2. The molecular formula is C17H18N4O4. The van der Waals surface area contributed by atoms with Gasteiger partial charge in [0.25, 0.3) is 11.8 Å². The second kappa shape index (κ2) is 6.19. The van der Waals surface area contributed by atoms with Crippen molar-refractivity contribution in [3.05, 3.63) is 36.4 Å². The Morgan fingerprint density at radius 3 is 2.84 bits per heavy atom. The fourth-order valence-corrected chi connectivity index (χ4v) is 3.59. The van der Waals surface area contributed by atoms with Gasteiger partial charge in [-0.3, -0.25) is 14.6 Å². The van der Waals surface area contributed by atoms with Gasteiger partial charge in [0.2, 0.25) is 11.7 Å². The molecule has 8 nitrogen and oxygen atoms in total. The second-order valence-electron chi connectivity index (χ2n) is 6.43. The number of methoxy groups -OCH3 is 1. The smallest absolute Gasteiger partial charge is 0.292 e. The van der Waals surface area contributed by atoms with Gasteiger partial charge in [0.1, 0.15) is 0 Å². The van der Waals surface area contributed by atoms with E-state index in [9.17, 15) is 9.59 Å². The third-order valence-corrected chi connectivity index (χ3v) is 4.93. The highest BCUT2D eigenvalue weighted by Gasteiger charge is 2.57. The number of aromatic nitrogens is 2. The summed E-state index contributed by atoms with van der Waals surface area (Å²) in [5.41, 5.74) is 0.703. The Kier molecular flexibility index (Phi) is 3.87. The van der Waals surface area contributed by atoms with Crippen LogP contribution >= 0.6 is 0 Å². The summed E-state index contributed by atoms with van der Waals surface area (Å²) in [6.07, 6.45) is 3.76. The van der Waals surface area contributed by atoms with E-state index in [2.05, 4.69) is 15.5 Å². The van der Waals surface area contributed by atoms with Gasteiger partial charge in [0.15, 0.2) is 0 Å². The van der Waals surface area contributed by atoms with Crippen LogP contribution in [-0.2, 0) is 4.79 Å². The fraction of sp³-hybridized carbons (Fsp3) is 0.412. The number of amides is 2. The highest BCUT2D eigenvalue weighted by molar-refractivity contribution is 5.92. The topological polar surface area (TPSA) is 97.6 Å². The highest BCUT2D eigenvalue weighted by atomic mass is 16.5. The number of nitrogens with one attached hydrogen (secondary N) is 1. The standard InChI is InChI=1S/C17H18N4O4/c1-24-16-6-14(25-20-16)17(23)21-8-12-11(13(12)9-21)5-15(22)19-10-3-2-4-18-7-10/h2-4,6-7,11-13H,5,8-9H2,1H3,(H,19,22)/t11?,12-,13+. The predicted molar refractivity (Wildman–Crippen MR) is 86.9 cm³/mol. The summed E-state index contributed by atoms with van der Waals surface area (Å²) in [5.74, 6) is 1.39. The molecule has 8 heteroatoms. The summed E-state index contributed by atoms with van der Waals surface area (Å²) in [6, 6.07) is 5.08. The molecule has 0 radical (unpaired) electrons. The molecule has 3 heterocycles. The van der Waals surface area contributed by atoms with Crippen LogP contribution < -0.4 is 10.1 Å². The molecule has 0 aromatic carbocycles. The monoisotopic (exact) mass is 342 g/mol. The molecule has 2 aliphatic rings. The highest BCUT2D eigenvalue weighted by Crippen LogP contribution is 2.53. The van der Waals surface area contributed by atoms with Crippen molar-refractivity contribution in [1.29, 1.82) is 0 Å². The molecule has 1 aliphatic heterocycles. The van der Waals surface area contributed by atoms with Crippen LogP contribution in [0, 0.1) is 17.8 Å². The third-order valence-electron chi connectivity index (χ3n) is 4.93. The number of hydrogen-bond donors (Lipinski definition) is 1. The molecule has 1 saturated carbocycles. The molecule has 25 heavy (non-hydrogen) atoms. The zero-order chi connectivity index (χ0) is 17.4. The van der Waals surface area contributed by atoms with Gasteiger partial charge in [-0.25, -0.2) is 0 Å². The first-order valence-electron chi connectivity index (χ1n) is 8.15. The van der Waals surface area contributed by atoms with E-state index in [4.69, 9.17) is 9.26 Å². The molecule has 2 aromatic heterocycles. The quantitative estimate of drug-likeness (QED) is 0.883. The SMILES string of the molecule is COc1cc(C(=O)N2C[C@@H]3C(CC(=O)Nc4cccnc4)[C@@H]3C2)on1. The Labute approximate surface area is 144 Å². The van der Waals surface area contributed by atoms with Gasteiger partial charge in [0.05, 0.1) is 25.1 Å². The maximum Gasteiger partial charge on any atom is 0.292 e. The van der Waals surface area contributed by atoms with E-state index in [1.165, 1.54) is 13.2 Å². The minimum Gasteiger partial charge on any atom is -0.479 e. The van der Waals surface area contributed by atoms with Crippen LogP contribution in [0.2, 0.25) is 0 Å². The van der Waals surface area contributed by atoms with Crippen molar-refractivity contribution in [2.45, 2.75) is 6.42 Å². The van der Waals surface area contributed by atoms with Gasteiger partial charge < -0.3 is 19.5 Å². The van der Waals surface area contributed by atoms with Crippen LogP contribution in [0.5, 0.6) is 5.88 Å². The molecule has 3 atom stereocenters. The van der Waals surface area contributed by atoms with Crippen molar-refractivity contribution in [2.24, 2.45) is 17.8 Å². The molecule has 4 rings (SSSR count). The number of ether oxygens (including phenoxy) is 1. The molecule has 1 aliphatic carbocycles. The Morgan fingerprint density at radius 2 is 2.20 bits per heavy atom. The van der Waals surface area contributed by atoms with Crippen molar-refractivity contribution < 1.29 is 18.8 Å². The Balaban J connectivity index is 1.27. The van der Waals surface area contributed by atoms with Crippen LogP contribution in [0.1, 0.15) is 17.0 Å². The Morgan fingerprint density at radius 1 is 1.40 bits per heavy atom. The molecule has 2 amide bonds. The molecule has 0 spiro atoms. The Bertz CT molecular complexity index is 779. The van der Waals surface area contributed by atoms with Crippen molar-refractivity contribution in [1.82, 2.24) is 15.0 Å². The number of anilines is 1. The zero-order valence-corrected chi connectivity index (χ0v) is 13.7. The van der Waals surface area contributed by atoms with Gasteiger partial charge in [-0.2, -0.15) is 0 Å². The van der Waals surface area contributed by atoms with Crippen LogP contribution in [0.25, 0.3) is 0 Å². The lowest BCUT2D eigenvalue weighted by molar-refractivity contribution is -0.116. The number of nitrogens with zero attached hydrogens (tertiary/aromatic N) is 3. The van der Waals surface area contributed by atoms with Gasteiger partial charge in [-0.15, -0.1) is 0 Å². The van der Waals surface area contributed by atoms with Gasteiger partial charge in [0, 0.05) is 25.7 Å². The zero-order valence-electron chi connectivity index (χ0n) is 13.7. The van der Waals surface area contributed by atoms with Crippen LogP contribution in [0.4, 0.5) is 5.69 Å². The third kappa shape index (κ3) is 3.07. The first kappa shape index (κ1) is 15.6. The van der Waals surface area contributed by atoms with Crippen LogP contribution in [0.15, 0.2) is 35.1 Å². The number of rotatable bonds is 5. The van der Waals surface area contributed by atoms with Gasteiger partial charge in [-0.1, -0.05) is 0 Å². The minimum absolute atomic E-state index is 0.00903. The van der Waals surface area contributed by atoms with Gasteiger partial charge >= 0.3 is 0 Å². The van der Waals surface area contributed by atoms with E-state index >= 15 is 0 Å². The van der Waals surface area contributed by atoms with E-state index in [1.54, 1.807) is 23.4 Å². The maximum absolute atomic E-state index is 12.4. The summed E-state index contributed by atoms with van der Waals surface area (Å²) in [4.78, 5) is 30.2. The molecule has 0 bridgehead atoms. The maximum atomic E-state index is 12.4. The Hall–Kier alpha value is -2.90. The summed E-state index contributed by atoms with van der Waals surface area (Å²) in [5, 5.41) is 6.50. The molecule has 1 saturated heterocycles. The molecule has 1 unspecified atom stereocenters. The van der Waals surface area contributed by atoms with Gasteiger partial charge in [-0.05, 0) is 35.0 Å². The summed E-state index contributed by atoms with van der Waals surface area (Å²) < 4.78 is 9.92. The predicted octanol–water partition coefficient (Wildman–Crippen LogP) is 1.43. The number of hydrogen-bond acceptors (Lipinski definition) is 6. The molecule has 2 fully saturated rings. The van der Waals surface area contributed by atoms with Crippen molar-refractivity contribution in [3.8, 4) is 5.88 Å². The van der Waals surface area contributed by atoms with Crippen molar-refractivity contribution >= 4 is 17.5 Å². The number of piperidine rings is 1. The largest absolute Gasteiger partial charge is 0.479 e. The lowest BCUT2D eigenvalue weighted by Gasteiger charge is -2.18. The van der Waals surface area contributed by atoms with Crippen molar-refractivity contribution in [3.63, 3.8) is 0 Å². The van der Waals surface area contributed by atoms with E-state index in [1.807, 2.05) is 6.07 Å². The number of likely N-dealkylation sites (tertiary alicyclic amines) is 1. The molecule has 1 N–H and O–H groups in total. The average Bonchev–Trinajstić information content (AvgIpc) is 3.04. The minimum atomic E-state index is -0.179. The number of fused-ring (bicyclic) bond motifs is 1. The summed E-state index contributed by atoms with van der Waals surface area (Å²) >= 11 is 0. The fourth-order valence-electron chi connectivity index (χ4n) is 3.59. The molecular weight excluding hydrogens is 324 g/mol. The lowest BCUT2D eigenvalue weighted by Crippen LogP contribution is -2.31. The first-order valence-corrected chi connectivity index (χ1v) is 8.15. The second-order valence-corrected chi connectivity index (χ2v) is 6.43. The van der Waals surface area contributed by atoms with Crippen molar-refractivity contribution in [2.75, 3.05) is 25.5 Å². The van der Waals surface area contributed by atoms with E-state index < -0.39 is 0 Å². The lowest BCUT2D eigenvalue weighted by atomic mass is 10.1. The van der Waals surface area contributed by atoms with Crippen LogP contribution in [-0.4, -0.2) is 47.1 Å². The normalized spacial score (nSPS) is 23.9. The summed E-state index contributed by atoms with van der Waals surface area (Å²) in [6.45, 7) is 1.30. The first-order chi connectivity index (χ1) is 12.2. The van der Waals surface area contributed by atoms with E-state index in [0.29, 0.717) is 43.0 Å².